The fourth-order valence-electron chi connectivity index (χ4n) is 2.40. The molecule has 0 saturated carbocycles. The highest BCUT2D eigenvalue weighted by Gasteiger charge is 2.16. The third-order valence-electron chi connectivity index (χ3n) is 3.79. The van der Waals surface area contributed by atoms with Gasteiger partial charge in [0.05, 0.1) is 17.8 Å². The van der Waals surface area contributed by atoms with Crippen LogP contribution in [0.1, 0.15) is 19.5 Å². The monoisotopic (exact) mass is 369 g/mol. The van der Waals surface area contributed by atoms with E-state index in [4.69, 9.17) is 4.74 Å². The van der Waals surface area contributed by atoms with Gasteiger partial charge in [-0.2, -0.15) is 0 Å². The normalized spacial score (nSPS) is 10.7. The van der Waals surface area contributed by atoms with E-state index in [2.05, 4.69) is 10.3 Å². The fourth-order valence-corrected chi connectivity index (χ4v) is 2.40. The van der Waals surface area contributed by atoms with Gasteiger partial charge in [-0.05, 0) is 32.1 Å². The Kier molecular flexibility index (Phi) is 7.49. The Morgan fingerprint density at radius 1 is 1.15 bits per heavy atom. The van der Waals surface area contributed by atoms with Gasteiger partial charge in [-0.1, -0.05) is 24.3 Å². The lowest BCUT2D eigenvalue weighted by atomic mass is 10.2. The van der Waals surface area contributed by atoms with Gasteiger partial charge in [0.25, 0.3) is 5.91 Å². The number of ether oxygens (including phenoxy) is 1. The van der Waals surface area contributed by atoms with Gasteiger partial charge in [-0.15, -0.1) is 0 Å². The van der Waals surface area contributed by atoms with Gasteiger partial charge in [0, 0.05) is 24.6 Å². The minimum Gasteiger partial charge on any atom is -0.452 e. The predicted molar refractivity (Wildman–Crippen MR) is 103 cm³/mol. The van der Waals surface area contributed by atoms with E-state index >= 15 is 0 Å². The number of nitrogens with zero attached hydrogens (tertiary/aromatic N) is 2. The molecule has 2 amide bonds. The van der Waals surface area contributed by atoms with Crippen molar-refractivity contribution in [3.63, 3.8) is 0 Å². The summed E-state index contributed by atoms with van der Waals surface area (Å²) < 4.78 is 4.96. The highest BCUT2D eigenvalue weighted by atomic mass is 16.5. The second-order valence-electron chi connectivity index (χ2n) is 5.73. The van der Waals surface area contributed by atoms with Gasteiger partial charge in [0.15, 0.2) is 6.61 Å². The number of esters is 1. The largest absolute Gasteiger partial charge is 0.452 e. The van der Waals surface area contributed by atoms with Crippen molar-refractivity contribution in [1.82, 2.24) is 15.2 Å². The molecule has 0 bridgehead atoms. The Balaban J connectivity index is 1.87. The van der Waals surface area contributed by atoms with Gasteiger partial charge in [0.1, 0.15) is 0 Å². The lowest BCUT2D eigenvalue weighted by Crippen LogP contribution is -2.42. The first-order valence-electron chi connectivity index (χ1n) is 8.78. The molecule has 0 aliphatic rings. The molecule has 142 valence electrons. The minimum absolute atomic E-state index is 0.0580. The molecule has 0 fully saturated rings. The van der Waals surface area contributed by atoms with Gasteiger partial charge < -0.3 is 15.0 Å². The topological polar surface area (TPSA) is 88.6 Å². The number of para-hydroxylation sites is 1. The van der Waals surface area contributed by atoms with E-state index in [-0.39, 0.29) is 12.5 Å². The zero-order valence-corrected chi connectivity index (χ0v) is 15.5. The number of hydrogen-bond donors (Lipinski definition) is 1. The van der Waals surface area contributed by atoms with Crippen LogP contribution in [0.2, 0.25) is 0 Å². The summed E-state index contributed by atoms with van der Waals surface area (Å²) in [6.45, 7) is 3.93. The second-order valence-corrected chi connectivity index (χ2v) is 5.73. The van der Waals surface area contributed by atoms with Crippen molar-refractivity contribution in [2.24, 2.45) is 0 Å². The number of amides is 2. The molecule has 27 heavy (non-hydrogen) atoms. The van der Waals surface area contributed by atoms with Crippen LogP contribution >= 0.6 is 0 Å². The lowest BCUT2D eigenvalue weighted by molar-refractivity contribution is -0.148. The molecule has 2 rings (SSSR count). The summed E-state index contributed by atoms with van der Waals surface area (Å²) in [5.41, 5.74) is 1.44. The van der Waals surface area contributed by atoms with E-state index in [1.54, 1.807) is 19.9 Å². The Morgan fingerprint density at radius 3 is 2.67 bits per heavy atom. The summed E-state index contributed by atoms with van der Waals surface area (Å²) in [5.74, 6) is -1.32. The molecule has 0 aliphatic carbocycles. The molecule has 7 nitrogen and oxygen atoms in total. The van der Waals surface area contributed by atoms with Crippen molar-refractivity contribution in [3.8, 4) is 0 Å². The van der Waals surface area contributed by atoms with E-state index in [0.717, 1.165) is 10.9 Å². The molecule has 0 radical (unpaired) electrons. The smallest absolute Gasteiger partial charge is 0.331 e. The van der Waals surface area contributed by atoms with Crippen LogP contribution in [0.3, 0.4) is 0 Å². The molecule has 0 atom stereocenters. The van der Waals surface area contributed by atoms with Gasteiger partial charge in [-0.25, -0.2) is 9.78 Å². The van der Waals surface area contributed by atoms with E-state index < -0.39 is 18.5 Å². The minimum atomic E-state index is -0.646. The van der Waals surface area contributed by atoms with Crippen molar-refractivity contribution in [2.75, 3.05) is 26.2 Å². The Hall–Kier alpha value is -3.22. The SMILES string of the molecule is CCNC(=O)CN(CC)C(=O)COC(=O)/C=C/c1ccc2ccccc2n1. The van der Waals surface area contributed by atoms with Crippen LogP contribution in [0.15, 0.2) is 42.5 Å². The Morgan fingerprint density at radius 2 is 1.93 bits per heavy atom. The average Bonchev–Trinajstić information content (AvgIpc) is 2.68. The number of pyridine rings is 1. The molecule has 1 aromatic heterocycles. The van der Waals surface area contributed by atoms with Crippen molar-refractivity contribution < 1.29 is 19.1 Å². The maximum absolute atomic E-state index is 12.1. The first-order chi connectivity index (χ1) is 13.0. The van der Waals surface area contributed by atoms with Crippen molar-refractivity contribution in [1.29, 1.82) is 0 Å². The molecule has 7 heteroatoms. The Labute approximate surface area is 158 Å². The lowest BCUT2D eigenvalue weighted by Gasteiger charge is -2.19. The number of aromatic nitrogens is 1. The van der Waals surface area contributed by atoms with Crippen LogP contribution in [0.5, 0.6) is 0 Å². The molecule has 1 aromatic carbocycles. The van der Waals surface area contributed by atoms with Gasteiger partial charge in [-0.3, -0.25) is 9.59 Å². The maximum Gasteiger partial charge on any atom is 0.331 e. The summed E-state index contributed by atoms with van der Waals surface area (Å²) in [5, 5.41) is 3.63. The number of carbonyl (C=O) groups excluding carboxylic acids is 3. The molecule has 0 unspecified atom stereocenters. The summed E-state index contributed by atoms with van der Waals surface area (Å²) in [6.07, 6.45) is 2.76. The summed E-state index contributed by atoms with van der Waals surface area (Å²) in [7, 11) is 0. The molecular weight excluding hydrogens is 346 g/mol. The maximum atomic E-state index is 12.1. The van der Waals surface area contributed by atoms with E-state index in [9.17, 15) is 14.4 Å². The molecule has 1 heterocycles. The number of rotatable bonds is 8. The molecule has 0 saturated heterocycles. The third-order valence-corrected chi connectivity index (χ3v) is 3.79. The number of hydrogen-bond acceptors (Lipinski definition) is 5. The first-order valence-corrected chi connectivity index (χ1v) is 8.78. The first kappa shape index (κ1) is 20.1. The molecule has 0 aliphatic heterocycles. The van der Waals surface area contributed by atoms with E-state index in [1.807, 2.05) is 30.3 Å². The molecule has 0 spiro atoms. The molecular formula is C20H23N3O4. The summed E-state index contributed by atoms with van der Waals surface area (Å²) >= 11 is 0. The number of nitrogens with one attached hydrogen (secondary N) is 1. The number of benzene rings is 1. The predicted octanol–water partition coefficient (Wildman–Crippen LogP) is 1.78. The standard InChI is InChI=1S/C20H23N3O4/c1-3-21-18(24)13-23(4-2)19(25)14-27-20(26)12-11-16-10-9-15-7-5-6-8-17(15)22-16/h5-12H,3-4,13-14H2,1-2H3,(H,21,24)/b12-11+. The Bertz CT molecular complexity index is 848. The third kappa shape index (κ3) is 6.22. The summed E-state index contributed by atoms with van der Waals surface area (Å²) in [6, 6.07) is 11.4. The zero-order chi connectivity index (χ0) is 19.6. The number of carbonyl (C=O) groups is 3. The van der Waals surface area contributed by atoms with Gasteiger partial charge >= 0.3 is 5.97 Å². The van der Waals surface area contributed by atoms with Crippen molar-refractivity contribution in [2.45, 2.75) is 13.8 Å². The van der Waals surface area contributed by atoms with Crippen LogP contribution in [0.4, 0.5) is 0 Å². The second kappa shape index (κ2) is 10.1. The quantitative estimate of drug-likeness (QED) is 0.566. The average molecular weight is 369 g/mol. The summed E-state index contributed by atoms with van der Waals surface area (Å²) in [4.78, 5) is 41.2. The molecule has 2 aromatic rings. The zero-order valence-electron chi connectivity index (χ0n) is 15.5. The van der Waals surface area contributed by atoms with E-state index in [1.165, 1.54) is 17.1 Å². The fraction of sp³-hybridized carbons (Fsp3) is 0.300. The number of likely N-dealkylation sites (N-methyl/N-ethyl adjacent to an activating group) is 2. The van der Waals surface area contributed by atoms with Crippen LogP contribution in [0, 0.1) is 0 Å². The van der Waals surface area contributed by atoms with Crippen molar-refractivity contribution in [3.05, 3.63) is 48.2 Å². The highest BCUT2D eigenvalue weighted by Crippen LogP contribution is 2.12. The van der Waals surface area contributed by atoms with Crippen LogP contribution < -0.4 is 5.32 Å². The number of fused-ring (bicyclic) bond motifs is 1. The van der Waals surface area contributed by atoms with Crippen LogP contribution in [-0.4, -0.2) is 53.9 Å². The van der Waals surface area contributed by atoms with Crippen LogP contribution in [0.25, 0.3) is 17.0 Å². The van der Waals surface area contributed by atoms with Gasteiger partial charge in [0.2, 0.25) is 5.91 Å². The van der Waals surface area contributed by atoms with Crippen LogP contribution in [-0.2, 0) is 19.1 Å². The highest BCUT2D eigenvalue weighted by molar-refractivity contribution is 5.90. The van der Waals surface area contributed by atoms with E-state index in [0.29, 0.717) is 18.8 Å². The molecule has 1 N–H and O–H groups in total. The van der Waals surface area contributed by atoms with Crippen molar-refractivity contribution >= 4 is 34.8 Å².